The second-order valence-corrected chi connectivity index (χ2v) is 15.2. The topological polar surface area (TPSA) is 118 Å². The Balaban J connectivity index is 1.18. The minimum absolute atomic E-state index is 0.0638. The van der Waals surface area contributed by atoms with Crippen molar-refractivity contribution in [3.63, 3.8) is 0 Å². The molecule has 0 unspecified atom stereocenters. The quantitative estimate of drug-likeness (QED) is 0.176. The number of ether oxygens (including phenoxy) is 3. The van der Waals surface area contributed by atoms with E-state index in [2.05, 4.69) is 38.2 Å². The summed E-state index contributed by atoms with van der Waals surface area (Å²) in [6.45, 7) is 7.24. The zero-order valence-electron chi connectivity index (χ0n) is 31.6. The van der Waals surface area contributed by atoms with E-state index in [9.17, 15) is 14.7 Å². The van der Waals surface area contributed by atoms with Gasteiger partial charge in [-0.1, -0.05) is 63.2 Å². The lowest BCUT2D eigenvalue weighted by molar-refractivity contribution is -0.150. The van der Waals surface area contributed by atoms with Crippen LogP contribution in [0.4, 0.5) is 11.4 Å². The molecule has 4 aromatic rings. The Kier molecular flexibility index (Phi) is 10.3. The Hall–Kier alpha value is -5.19. The number of methoxy groups -OCH3 is 2. The van der Waals surface area contributed by atoms with Crippen LogP contribution in [-0.4, -0.2) is 67.2 Å². The van der Waals surface area contributed by atoms with Crippen LogP contribution in [0.5, 0.6) is 11.5 Å². The molecule has 7 rings (SSSR count). The molecule has 5 atom stereocenters. The van der Waals surface area contributed by atoms with E-state index < -0.39 is 17.1 Å². The summed E-state index contributed by atoms with van der Waals surface area (Å²) in [7, 11) is 3.22. The molecule has 3 aliphatic heterocycles. The van der Waals surface area contributed by atoms with Crippen molar-refractivity contribution in [2.75, 3.05) is 37.6 Å². The predicted octanol–water partition coefficient (Wildman–Crippen LogP) is 6.70. The third-order valence-corrected chi connectivity index (χ3v) is 11.9. The number of hydrogen-bond acceptors (Lipinski definition) is 7. The maximum Gasteiger partial charge on any atom is 0.264 e. The first kappa shape index (κ1) is 37.1. The molecule has 0 aliphatic carbocycles. The van der Waals surface area contributed by atoms with Crippen LogP contribution >= 0.6 is 0 Å². The fourth-order valence-corrected chi connectivity index (χ4v) is 9.09. The normalized spacial score (nSPS) is 23.5. The van der Waals surface area contributed by atoms with Gasteiger partial charge in [0.2, 0.25) is 5.91 Å². The van der Waals surface area contributed by atoms with E-state index in [0.29, 0.717) is 30.1 Å². The summed E-state index contributed by atoms with van der Waals surface area (Å²) < 4.78 is 17.8. The maximum atomic E-state index is 15.1. The Labute approximate surface area is 317 Å². The second-order valence-electron chi connectivity index (χ2n) is 15.2. The zero-order chi connectivity index (χ0) is 38.2. The number of para-hydroxylation sites is 1. The molecule has 1 spiro atoms. The van der Waals surface area contributed by atoms with E-state index in [1.165, 1.54) is 0 Å². The molecule has 3 heterocycles. The molecule has 3 aliphatic rings. The van der Waals surface area contributed by atoms with Gasteiger partial charge in [-0.05, 0) is 84.0 Å². The van der Waals surface area contributed by atoms with E-state index >= 15 is 4.79 Å². The van der Waals surface area contributed by atoms with Crippen molar-refractivity contribution in [1.29, 1.82) is 0 Å². The lowest BCUT2D eigenvalue weighted by Crippen LogP contribution is -2.45. The number of hydrogen-bond donors (Lipinski definition) is 2. The van der Waals surface area contributed by atoms with Crippen LogP contribution in [0.3, 0.4) is 0 Å². The van der Waals surface area contributed by atoms with Gasteiger partial charge in [0.15, 0.2) is 5.60 Å². The Morgan fingerprint density at radius 1 is 0.926 bits per heavy atom. The van der Waals surface area contributed by atoms with Crippen molar-refractivity contribution in [3.8, 4) is 11.5 Å². The van der Waals surface area contributed by atoms with Gasteiger partial charge < -0.3 is 34.4 Å². The van der Waals surface area contributed by atoms with E-state index in [0.717, 1.165) is 41.0 Å². The molecule has 0 radical (unpaired) electrons. The minimum Gasteiger partial charge on any atom is -0.497 e. The summed E-state index contributed by atoms with van der Waals surface area (Å²) in [5.41, 5.74) is 2.84. The SMILES string of the molecule is COc1ccc(C(=O)Nc2ccc(CN3C(=O)[C@@]4(O[C@@H](CC(=O)N5CCC[C@H]5CO)[C@H](C(C)(C)c5ccc(OC)cc5)[C@H]4C)c4ccccc43)cc2)cc1. The molecule has 10 nitrogen and oxygen atoms in total. The Bertz CT molecular complexity index is 2000. The molecule has 0 saturated carbocycles. The van der Waals surface area contributed by atoms with E-state index in [-0.39, 0.29) is 48.6 Å². The maximum absolute atomic E-state index is 15.1. The molecule has 10 heteroatoms. The number of nitrogens with one attached hydrogen (secondary N) is 1. The van der Waals surface area contributed by atoms with Gasteiger partial charge in [-0.3, -0.25) is 14.4 Å². The number of amides is 3. The van der Waals surface area contributed by atoms with Crippen LogP contribution in [0, 0.1) is 11.8 Å². The van der Waals surface area contributed by atoms with Gasteiger partial charge in [-0.25, -0.2) is 0 Å². The van der Waals surface area contributed by atoms with Crippen molar-refractivity contribution in [1.82, 2.24) is 4.90 Å². The Morgan fingerprint density at radius 2 is 1.57 bits per heavy atom. The number of likely N-dealkylation sites (tertiary alicyclic amines) is 1. The van der Waals surface area contributed by atoms with Crippen molar-refractivity contribution in [2.24, 2.45) is 11.8 Å². The second kappa shape index (κ2) is 14.9. The first-order chi connectivity index (χ1) is 26.0. The van der Waals surface area contributed by atoms with Crippen LogP contribution in [0.1, 0.15) is 67.1 Å². The number of aliphatic hydroxyl groups excluding tert-OH is 1. The fraction of sp³-hybridized carbons (Fsp3) is 0.386. The third kappa shape index (κ3) is 6.51. The molecule has 0 aromatic heterocycles. The summed E-state index contributed by atoms with van der Waals surface area (Å²) in [6, 6.07) is 30.0. The van der Waals surface area contributed by atoms with E-state index in [4.69, 9.17) is 14.2 Å². The largest absolute Gasteiger partial charge is 0.497 e. The van der Waals surface area contributed by atoms with Gasteiger partial charge in [-0.15, -0.1) is 0 Å². The average Bonchev–Trinajstić information content (AvgIpc) is 3.86. The highest BCUT2D eigenvalue weighted by molar-refractivity contribution is 6.07. The number of benzene rings is 4. The number of anilines is 2. The molecule has 2 saturated heterocycles. The van der Waals surface area contributed by atoms with Crippen LogP contribution in [0.25, 0.3) is 0 Å². The molecule has 0 bridgehead atoms. The van der Waals surface area contributed by atoms with Crippen molar-refractivity contribution in [2.45, 2.75) is 69.7 Å². The number of nitrogens with zero attached hydrogens (tertiary/aromatic N) is 2. The molecule has 2 N–H and O–H groups in total. The highest BCUT2D eigenvalue weighted by Crippen LogP contribution is 2.60. The van der Waals surface area contributed by atoms with E-state index in [1.54, 1.807) is 48.3 Å². The summed E-state index contributed by atoms with van der Waals surface area (Å²) in [4.78, 5) is 45.6. The fourth-order valence-electron chi connectivity index (χ4n) is 9.09. The number of aliphatic hydroxyl groups is 1. The third-order valence-electron chi connectivity index (χ3n) is 11.9. The summed E-state index contributed by atoms with van der Waals surface area (Å²) in [5.74, 6) is 0.427. The first-order valence-corrected chi connectivity index (χ1v) is 18.7. The molecular weight excluding hydrogens is 682 g/mol. The highest BCUT2D eigenvalue weighted by atomic mass is 16.5. The molecule has 2 fully saturated rings. The number of rotatable bonds is 11. The molecule has 54 heavy (non-hydrogen) atoms. The van der Waals surface area contributed by atoms with Crippen molar-refractivity contribution < 1.29 is 33.7 Å². The van der Waals surface area contributed by atoms with Crippen molar-refractivity contribution in [3.05, 3.63) is 119 Å². The van der Waals surface area contributed by atoms with Gasteiger partial charge in [0.1, 0.15) is 11.5 Å². The summed E-state index contributed by atoms with van der Waals surface area (Å²) in [6.07, 6.45) is 1.15. The first-order valence-electron chi connectivity index (χ1n) is 18.7. The number of carbonyl (C=O) groups excluding carboxylic acids is 3. The summed E-state index contributed by atoms with van der Waals surface area (Å²) in [5, 5.41) is 13.0. The van der Waals surface area contributed by atoms with Gasteiger partial charge in [0.25, 0.3) is 11.8 Å². The summed E-state index contributed by atoms with van der Waals surface area (Å²) >= 11 is 0. The number of fused-ring (bicyclic) bond motifs is 2. The predicted molar refractivity (Wildman–Crippen MR) is 207 cm³/mol. The zero-order valence-corrected chi connectivity index (χ0v) is 31.6. The van der Waals surface area contributed by atoms with Gasteiger partial charge in [0, 0.05) is 35.2 Å². The van der Waals surface area contributed by atoms with Gasteiger partial charge in [0.05, 0.1) is 51.6 Å². The molecule has 282 valence electrons. The van der Waals surface area contributed by atoms with Crippen molar-refractivity contribution >= 4 is 29.1 Å². The average molecular weight is 732 g/mol. The standard InChI is InChI=1S/C44H49N3O7/c1-28-40(43(2,3)31-16-22-35(53-5)23-17-31)38(25-39(49)46-24-8-9-33(46)27-48)54-44(28)36-10-6-7-11-37(36)47(42(44)51)26-29-12-18-32(19-13-29)45-41(50)30-14-20-34(52-4)21-15-30/h6-7,10-23,28,33,38,40,48H,8-9,24-27H2,1-5H3,(H,45,50)/t28-,33+,38+,40-,44+/m1/s1. The number of carbonyl (C=O) groups is 3. The molecule has 4 aromatic carbocycles. The van der Waals surface area contributed by atoms with Gasteiger partial charge in [-0.2, -0.15) is 0 Å². The molecule has 3 amide bonds. The highest BCUT2D eigenvalue weighted by Gasteiger charge is 2.66. The van der Waals surface area contributed by atoms with Crippen LogP contribution < -0.4 is 19.7 Å². The molecular formula is C44H49N3O7. The lowest BCUT2D eigenvalue weighted by atomic mass is 9.63. The van der Waals surface area contributed by atoms with Crippen LogP contribution in [0.2, 0.25) is 0 Å². The van der Waals surface area contributed by atoms with Gasteiger partial charge >= 0.3 is 0 Å². The van der Waals surface area contributed by atoms with Crippen LogP contribution in [-0.2, 0) is 31.9 Å². The Morgan fingerprint density at radius 3 is 2.22 bits per heavy atom. The minimum atomic E-state index is -1.32. The lowest BCUT2D eigenvalue weighted by Gasteiger charge is -2.39. The monoisotopic (exact) mass is 731 g/mol. The van der Waals surface area contributed by atoms with Crippen LogP contribution in [0.15, 0.2) is 97.1 Å². The van der Waals surface area contributed by atoms with E-state index in [1.807, 2.05) is 60.7 Å². The smallest absolute Gasteiger partial charge is 0.264 e.